The summed E-state index contributed by atoms with van der Waals surface area (Å²) >= 11 is 1.65. The molecule has 0 saturated carbocycles. The predicted octanol–water partition coefficient (Wildman–Crippen LogP) is 3.96. The van der Waals surface area contributed by atoms with Crippen molar-refractivity contribution in [2.45, 2.75) is 6.54 Å². The summed E-state index contributed by atoms with van der Waals surface area (Å²) in [6, 6.07) is 15.9. The Hall–Kier alpha value is -3.71. The quantitative estimate of drug-likeness (QED) is 0.484. The number of H-pyrrole nitrogens is 1. The summed E-state index contributed by atoms with van der Waals surface area (Å²) in [5.74, 6) is -0.705. The number of nitrogens with one attached hydrogen (secondary N) is 1. The van der Waals surface area contributed by atoms with Crippen LogP contribution in [0.4, 0.5) is 0 Å². The van der Waals surface area contributed by atoms with Crippen LogP contribution < -0.4 is 5.73 Å². The van der Waals surface area contributed by atoms with Crippen molar-refractivity contribution < 1.29 is 9.59 Å². The highest BCUT2D eigenvalue weighted by Crippen LogP contribution is 2.36. The van der Waals surface area contributed by atoms with E-state index in [1.807, 2.05) is 41.8 Å². The summed E-state index contributed by atoms with van der Waals surface area (Å²) in [5.41, 5.74) is 11.0. The van der Waals surface area contributed by atoms with Gasteiger partial charge in [0.25, 0.3) is 5.91 Å². The third-order valence-corrected chi connectivity index (χ3v) is 6.28. The summed E-state index contributed by atoms with van der Waals surface area (Å²) in [4.78, 5) is 26.9. The lowest BCUT2D eigenvalue weighted by Crippen LogP contribution is -2.30. The number of benzene rings is 2. The second-order valence-corrected chi connectivity index (χ2v) is 8.22. The number of nitrogens with two attached hydrogens (primary N) is 1. The first kappa shape index (κ1) is 18.3. The highest BCUT2D eigenvalue weighted by atomic mass is 32.1. The van der Waals surface area contributed by atoms with Crippen molar-refractivity contribution in [2.24, 2.45) is 5.73 Å². The Kier molecular flexibility index (Phi) is 4.25. The third kappa shape index (κ3) is 2.91. The van der Waals surface area contributed by atoms with E-state index < -0.39 is 5.91 Å². The van der Waals surface area contributed by atoms with Crippen LogP contribution in [0.5, 0.6) is 0 Å². The molecule has 1 aliphatic rings. The largest absolute Gasteiger partial charge is 0.366 e. The molecule has 3 N–H and O–H groups in total. The average Bonchev–Trinajstić information content (AvgIpc) is 3.47. The van der Waals surface area contributed by atoms with Crippen LogP contribution in [0.1, 0.15) is 15.9 Å². The van der Waals surface area contributed by atoms with Crippen LogP contribution in [0.15, 0.2) is 66.1 Å². The minimum atomic E-state index is -0.592. The number of amides is 2. The number of aromatic amines is 1. The van der Waals surface area contributed by atoms with Gasteiger partial charge in [0, 0.05) is 23.1 Å². The Labute approximate surface area is 176 Å². The molecule has 0 aliphatic carbocycles. The highest BCUT2D eigenvalue weighted by Gasteiger charge is 2.30. The zero-order valence-corrected chi connectivity index (χ0v) is 16.8. The molecule has 2 aromatic carbocycles. The van der Waals surface area contributed by atoms with Crippen molar-refractivity contribution in [3.63, 3.8) is 0 Å². The molecule has 0 radical (unpaired) electrons. The molecule has 1 aliphatic heterocycles. The van der Waals surface area contributed by atoms with Crippen molar-refractivity contribution in [3.8, 4) is 21.7 Å². The fourth-order valence-electron chi connectivity index (χ4n) is 3.88. The van der Waals surface area contributed by atoms with Gasteiger partial charge in [-0.3, -0.25) is 14.7 Å². The summed E-state index contributed by atoms with van der Waals surface area (Å²) < 4.78 is 0. The maximum atomic E-state index is 12.8. The Morgan fingerprint density at radius 1 is 1.20 bits per heavy atom. The first-order chi connectivity index (χ1) is 14.5. The van der Waals surface area contributed by atoms with E-state index in [1.165, 1.54) is 0 Å². The van der Waals surface area contributed by atoms with E-state index in [0.717, 1.165) is 38.2 Å². The van der Waals surface area contributed by atoms with Gasteiger partial charge in [-0.2, -0.15) is 5.10 Å². The van der Waals surface area contributed by atoms with Gasteiger partial charge in [-0.15, -0.1) is 11.3 Å². The smallest absolute Gasteiger partial charge is 0.254 e. The van der Waals surface area contributed by atoms with E-state index in [9.17, 15) is 9.59 Å². The van der Waals surface area contributed by atoms with Gasteiger partial charge >= 0.3 is 0 Å². The second kappa shape index (κ2) is 6.96. The number of fused-ring (bicyclic) bond motifs is 2. The van der Waals surface area contributed by atoms with E-state index in [1.54, 1.807) is 16.2 Å². The molecule has 0 atom stereocenters. The van der Waals surface area contributed by atoms with Gasteiger partial charge < -0.3 is 10.6 Å². The molecule has 2 aromatic heterocycles. The fourth-order valence-corrected chi connectivity index (χ4v) is 4.61. The number of nitrogens with zero attached hydrogens (tertiary/aromatic N) is 2. The number of carbonyl (C=O) groups is 2. The number of rotatable bonds is 5. The van der Waals surface area contributed by atoms with Gasteiger partial charge in [-0.25, -0.2) is 0 Å². The molecular weight excluding hydrogens is 396 g/mol. The molecule has 0 fully saturated rings. The SMILES string of the molecule is C=C(CN1Cc2c(cccc2-c2ccc3[nH]nc(-c4cccs4)c3c2)C1=O)C(N)=O. The fraction of sp³-hybridized carbons (Fsp3) is 0.0870. The minimum absolute atomic E-state index is 0.113. The lowest BCUT2D eigenvalue weighted by atomic mass is 9.96. The van der Waals surface area contributed by atoms with Crippen molar-refractivity contribution in [1.82, 2.24) is 15.1 Å². The molecule has 6 nitrogen and oxygen atoms in total. The third-order valence-electron chi connectivity index (χ3n) is 5.40. The van der Waals surface area contributed by atoms with Gasteiger partial charge in [-0.1, -0.05) is 30.8 Å². The van der Waals surface area contributed by atoms with Crippen molar-refractivity contribution >= 4 is 34.1 Å². The molecule has 0 saturated heterocycles. The number of thiophene rings is 1. The highest BCUT2D eigenvalue weighted by molar-refractivity contribution is 7.13. The van der Waals surface area contributed by atoms with Crippen LogP contribution in [0.2, 0.25) is 0 Å². The van der Waals surface area contributed by atoms with Crippen LogP contribution in [-0.2, 0) is 11.3 Å². The number of aromatic nitrogens is 2. The number of hydrogen-bond donors (Lipinski definition) is 2. The lowest BCUT2D eigenvalue weighted by molar-refractivity contribution is -0.114. The van der Waals surface area contributed by atoms with Crippen molar-refractivity contribution in [2.75, 3.05) is 6.54 Å². The van der Waals surface area contributed by atoms with Crippen molar-refractivity contribution in [3.05, 3.63) is 77.2 Å². The predicted molar refractivity (Wildman–Crippen MR) is 118 cm³/mol. The zero-order valence-electron chi connectivity index (χ0n) is 16.0. The molecule has 7 heteroatoms. The van der Waals surface area contributed by atoms with Gasteiger partial charge in [0.2, 0.25) is 5.91 Å². The molecule has 30 heavy (non-hydrogen) atoms. The molecule has 5 rings (SSSR count). The molecule has 3 heterocycles. The van der Waals surface area contributed by atoms with Crippen molar-refractivity contribution in [1.29, 1.82) is 0 Å². The average molecular weight is 414 g/mol. The summed E-state index contributed by atoms with van der Waals surface area (Å²) in [6.07, 6.45) is 0. The van der Waals surface area contributed by atoms with E-state index in [0.29, 0.717) is 12.1 Å². The van der Waals surface area contributed by atoms with E-state index >= 15 is 0 Å². The topological polar surface area (TPSA) is 92.1 Å². The molecule has 148 valence electrons. The zero-order chi connectivity index (χ0) is 20.8. The monoisotopic (exact) mass is 414 g/mol. The first-order valence-corrected chi connectivity index (χ1v) is 10.3. The van der Waals surface area contributed by atoms with Crippen LogP contribution >= 0.6 is 11.3 Å². The number of primary amides is 1. The Bertz CT molecular complexity index is 1320. The maximum absolute atomic E-state index is 12.8. The van der Waals surface area contributed by atoms with Gasteiger partial charge in [0.1, 0.15) is 5.69 Å². The number of hydrogen-bond acceptors (Lipinski definition) is 4. The lowest BCUT2D eigenvalue weighted by Gasteiger charge is -2.15. The summed E-state index contributed by atoms with van der Waals surface area (Å²) in [5, 5.41) is 10.7. The van der Waals surface area contributed by atoms with Crippen LogP contribution in [-0.4, -0.2) is 33.5 Å². The van der Waals surface area contributed by atoms with Gasteiger partial charge in [0.05, 0.1) is 16.9 Å². The van der Waals surface area contributed by atoms with Gasteiger partial charge in [0.15, 0.2) is 0 Å². The minimum Gasteiger partial charge on any atom is -0.366 e. The Morgan fingerprint density at radius 2 is 2.03 bits per heavy atom. The van der Waals surface area contributed by atoms with Gasteiger partial charge in [-0.05, 0) is 46.3 Å². The Morgan fingerprint density at radius 3 is 2.80 bits per heavy atom. The standard InChI is InChI=1S/C23H18N4O2S/c1-13(22(24)28)11-27-12-18-15(4-2-5-16(18)23(27)29)14-7-8-19-17(10-14)21(26-25-19)20-6-3-9-30-20/h2-10H,1,11-12H2,(H2,24,28)(H,25,26). The Balaban J connectivity index is 1.57. The van der Waals surface area contributed by atoms with E-state index in [2.05, 4.69) is 28.9 Å². The van der Waals surface area contributed by atoms with Crippen LogP contribution in [0, 0.1) is 0 Å². The summed E-state index contributed by atoms with van der Waals surface area (Å²) in [6.45, 7) is 4.23. The first-order valence-electron chi connectivity index (χ1n) is 9.44. The normalized spacial score (nSPS) is 13.1. The van der Waals surface area contributed by atoms with Crippen LogP contribution in [0.25, 0.3) is 32.6 Å². The molecule has 2 amide bonds. The molecule has 4 aromatic rings. The van der Waals surface area contributed by atoms with Crippen LogP contribution in [0.3, 0.4) is 0 Å². The van der Waals surface area contributed by atoms with E-state index in [4.69, 9.17) is 5.73 Å². The maximum Gasteiger partial charge on any atom is 0.254 e. The molecule has 0 spiro atoms. The summed E-state index contributed by atoms with van der Waals surface area (Å²) in [7, 11) is 0. The second-order valence-electron chi connectivity index (χ2n) is 7.27. The molecule has 0 bridgehead atoms. The molecule has 0 unspecified atom stereocenters. The van der Waals surface area contributed by atoms with E-state index in [-0.39, 0.29) is 18.0 Å². The number of carbonyl (C=O) groups excluding carboxylic acids is 2. The molecular formula is C23H18N4O2S.